The molecule has 0 aliphatic carbocycles. The van der Waals surface area contributed by atoms with E-state index in [1.165, 1.54) is 0 Å². The number of benzene rings is 2. The quantitative estimate of drug-likeness (QED) is 0.395. The molecule has 27 heavy (non-hydrogen) atoms. The first kappa shape index (κ1) is 22.5. The maximum atomic E-state index is 6.24. The van der Waals surface area contributed by atoms with Gasteiger partial charge >= 0.3 is 0 Å². The zero-order valence-electron chi connectivity index (χ0n) is 15.9. The summed E-state index contributed by atoms with van der Waals surface area (Å²) in [6.07, 6.45) is 1.13. The molecule has 0 heterocycles. The summed E-state index contributed by atoms with van der Waals surface area (Å²) in [6.45, 7) is 9.89. The second kappa shape index (κ2) is 11.9. The lowest BCUT2D eigenvalue weighted by atomic mass is 10.2. The Kier molecular flexibility index (Phi) is 9.94. The minimum atomic E-state index is 0.409. The summed E-state index contributed by atoms with van der Waals surface area (Å²) >= 11 is 15.7. The van der Waals surface area contributed by atoms with Crippen LogP contribution in [0, 0.1) is 0 Å². The maximum absolute atomic E-state index is 6.24. The molecule has 0 radical (unpaired) electrons. The molecule has 0 unspecified atom stereocenters. The first-order valence-electron chi connectivity index (χ1n) is 9.31. The van der Waals surface area contributed by atoms with E-state index in [9.17, 15) is 0 Å². The van der Waals surface area contributed by atoms with E-state index in [4.69, 9.17) is 27.9 Å². The highest BCUT2D eigenvalue weighted by Crippen LogP contribution is 2.26. The summed E-state index contributed by atoms with van der Waals surface area (Å²) in [4.78, 5) is 2.44. The van der Waals surface area contributed by atoms with Gasteiger partial charge in [-0.2, -0.15) is 0 Å². The Hall–Kier alpha value is -0.780. The van der Waals surface area contributed by atoms with Gasteiger partial charge in [-0.3, -0.25) is 0 Å². The van der Waals surface area contributed by atoms with Gasteiger partial charge in [0, 0.05) is 32.2 Å². The summed E-state index contributed by atoms with van der Waals surface area (Å²) < 4.78 is 7.07. The molecule has 2 aromatic rings. The van der Waals surface area contributed by atoms with Crippen LogP contribution in [0.5, 0.6) is 5.75 Å². The third kappa shape index (κ3) is 7.63. The van der Waals surface area contributed by atoms with Crippen LogP contribution in [0.4, 0.5) is 0 Å². The number of ether oxygens (including phenoxy) is 1. The van der Waals surface area contributed by atoms with Crippen molar-refractivity contribution >= 4 is 39.1 Å². The third-order valence-corrected chi connectivity index (χ3v) is 5.54. The van der Waals surface area contributed by atoms with E-state index in [0.717, 1.165) is 60.5 Å². The first-order valence-corrected chi connectivity index (χ1v) is 10.9. The van der Waals surface area contributed by atoms with Crippen LogP contribution in [0.15, 0.2) is 40.9 Å². The topological polar surface area (TPSA) is 24.5 Å². The Bertz CT molecular complexity index is 723. The highest BCUT2D eigenvalue weighted by atomic mass is 79.9. The molecule has 0 spiro atoms. The summed E-state index contributed by atoms with van der Waals surface area (Å²) in [7, 11) is 0. The zero-order chi connectivity index (χ0) is 19.6. The minimum absolute atomic E-state index is 0.409. The lowest BCUT2D eigenvalue weighted by Gasteiger charge is -2.18. The minimum Gasteiger partial charge on any atom is -0.489 e. The molecule has 2 aromatic carbocycles. The number of nitrogens with zero attached hydrogens (tertiary/aromatic N) is 1. The molecule has 0 saturated heterocycles. The van der Waals surface area contributed by atoms with Crippen molar-refractivity contribution in [1.29, 1.82) is 0 Å². The predicted molar refractivity (Wildman–Crippen MR) is 119 cm³/mol. The number of hydrogen-bond acceptors (Lipinski definition) is 3. The normalized spacial score (nSPS) is 11.2. The van der Waals surface area contributed by atoms with E-state index in [-0.39, 0.29) is 0 Å². The lowest BCUT2D eigenvalue weighted by Crippen LogP contribution is -2.27. The summed E-state index contributed by atoms with van der Waals surface area (Å²) in [5.74, 6) is 0.862. The third-order valence-electron chi connectivity index (χ3n) is 4.46. The number of nitrogens with one attached hydrogen (secondary N) is 1. The Balaban J connectivity index is 1.90. The van der Waals surface area contributed by atoms with Crippen LogP contribution in [0.3, 0.4) is 0 Å². The fraction of sp³-hybridized carbons (Fsp3) is 0.429. The highest BCUT2D eigenvalue weighted by Gasteiger charge is 2.08. The van der Waals surface area contributed by atoms with Gasteiger partial charge in [0.2, 0.25) is 0 Å². The second-order valence-corrected chi connectivity index (χ2v) is 8.09. The lowest BCUT2D eigenvalue weighted by molar-refractivity contribution is 0.295. The Morgan fingerprint density at radius 1 is 1.04 bits per heavy atom. The zero-order valence-corrected chi connectivity index (χ0v) is 19.0. The molecule has 3 nitrogen and oxygen atoms in total. The van der Waals surface area contributed by atoms with E-state index >= 15 is 0 Å². The predicted octanol–water partition coefficient (Wildman–Crippen LogP) is 6.16. The number of rotatable bonds is 11. The van der Waals surface area contributed by atoms with Crippen molar-refractivity contribution in [3.05, 3.63) is 62.0 Å². The van der Waals surface area contributed by atoms with Crippen molar-refractivity contribution in [2.75, 3.05) is 26.2 Å². The molecular formula is C21H27BrCl2N2O. The Labute approximate surface area is 181 Å². The Morgan fingerprint density at radius 3 is 2.52 bits per heavy atom. The van der Waals surface area contributed by atoms with Gasteiger partial charge in [-0.25, -0.2) is 0 Å². The van der Waals surface area contributed by atoms with Crippen LogP contribution < -0.4 is 10.1 Å². The van der Waals surface area contributed by atoms with E-state index in [1.807, 2.05) is 24.3 Å². The molecule has 0 aliphatic rings. The van der Waals surface area contributed by atoms with Gasteiger partial charge in [0.1, 0.15) is 12.4 Å². The van der Waals surface area contributed by atoms with Gasteiger partial charge in [0.05, 0.1) is 0 Å². The van der Waals surface area contributed by atoms with Crippen molar-refractivity contribution < 1.29 is 4.74 Å². The number of halogens is 3. The molecule has 0 aromatic heterocycles. The van der Waals surface area contributed by atoms with Crippen molar-refractivity contribution in [2.45, 2.75) is 33.4 Å². The molecule has 0 saturated carbocycles. The van der Waals surface area contributed by atoms with E-state index in [1.54, 1.807) is 6.07 Å². The van der Waals surface area contributed by atoms with Gasteiger partial charge in [-0.1, -0.05) is 59.0 Å². The van der Waals surface area contributed by atoms with Gasteiger partial charge in [0.25, 0.3) is 0 Å². The molecule has 0 bridgehead atoms. The largest absolute Gasteiger partial charge is 0.489 e. The monoisotopic (exact) mass is 472 g/mol. The van der Waals surface area contributed by atoms with E-state index < -0.39 is 0 Å². The molecule has 1 N–H and O–H groups in total. The van der Waals surface area contributed by atoms with Crippen LogP contribution >= 0.6 is 39.1 Å². The standard InChI is InChI=1S/C21H27BrCl2N2O/c1-3-26(4-2)11-5-10-25-14-17-12-18(22)7-9-21(17)27-15-16-6-8-19(23)13-20(16)24/h6-9,12-13,25H,3-5,10-11,14-15H2,1-2H3. The van der Waals surface area contributed by atoms with Crippen LogP contribution in [-0.2, 0) is 13.2 Å². The van der Waals surface area contributed by atoms with E-state index in [2.05, 4.69) is 46.1 Å². The summed E-state index contributed by atoms with van der Waals surface area (Å²) in [6, 6.07) is 11.5. The van der Waals surface area contributed by atoms with Gasteiger partial charge in [0.15, 0.2) is 0 Å². The fourth-order valence-electron chi connectivity index (χ4n) is 2.81. The molecule has 6 heteroatoms. The van der Waals surface area contributed by atoms with Crippen molar-refractivity contribution in [3.63, 3.8) is 0 Å². The van der Waals surface area contributed by atoms with Gasteiger partial charge in [-0.05, 0) is 62.9 Å². The summed E-state index contributed by atoms with van der Waals surface area (Å²) in [5.41, 5.74) is 2.04. The first-order chi connectivity index (χ1) is 13.0. The SMILES string of the molecule is CCN(CC)CCCNCc1cc(Br)ccc1OCc1ccc(Cl)cc1Cl. The van der Waals surface area contributed by atoms with Crippen LogP contribution in [0.25, 0.3) is 0 Å². The smallest absolute Gasteiger partial charge is 0.124 e. The van der Waals surface area contributed by atoms with Crippen molar-refractivity contribution in [3.8, 4) is 5.75 Å². The molecular weight excluding hydrogens is 447 g/mol. The molecule has 0 amide bonds. The fourth-order valence-corrected chi connectivity index (χ4v) is 3.68. The van der Waals surface area contributed by atoms with Gasteiger partial charge in [-0.15, -0.1) is 0 Å². The second-order valence-electron chi connectivity index (χ2n) is 6.33. The highest BCUT2D eigenvalue weighted by molar-refractivity contribution is 9.10. The molecule has 148 valence electrons. The molecule has 0 atom stereocenters. The van der Waals surface area contributed by atoms with E-state index in [0.29, 0.717) is 16.7 Å². The van der Waals surface area contributed by atoms with Crippen molar-refractivity contribution in [1.82, 2.24) is 10.2 Å². The Morgan fingerprint density at radius 2 is 1.81 bits per heavy atom. The van der Waals surface area contributed by atoms with Crippen molar-refractivity contribution in [2.24, 2.45) is 0 Å². The molecule has 0 aliphatic heterocycles. The van der Waals surface area contributed by atoms with Crippen LogP contribution in [0.1, 0.15) is 31.4 Å². The molecule has 2 rings (SSSR count). The summed E-state index contributed by atoms with van der Waals surface area (Å²) in [5, 5.41) is 4.77. The average molecular weight is 474 g/mol. The maximum Gasteiger partial charge on any atom is 0.124 e. The van der Waals surface area contributed by atoms with Gasteiger partial charge < -0.3 is 15.0 Å². The average Bonchev–Trinajstić information content (AvgIpc) is 2.65. The van der Waals surface area contributed by atoms with Crippen LogP contribution in [-0.4, -0.2) is 31.1 Å². The molecule has 0 fully saturated rings. The number of hydrogen-bond donors (Lipinski definition) is 1. The van der Waals surface area contributed by atoms with Crippen LogP contribution in [0.2, 0.25) is 10.0 Å².